The van der Waals surface area contributed by atoms with Gasteiger partial charge in [-0.05, 0) is 117 Å². The first-order valence-electron chi connectivity index (χ1n) is 12.3. The molecule has 166 valence electrons. The summed E-state index contributed by atoms with van der Waals surface area (Å²) in [5.74, 6) is 8.87. The lowest BCUT2D eigenvalue weighted by molar-refractivity contribution is 0.132. The van der Waals surface area contributed by atoms with Gasteiger partial charge in [0.15, 0.2) is 0 Å². The average molecular weight is 427 g/mol. The maximum absolute atomic E-state index is 15.0. The van der Waals surface area contributed by atoms with Crippen LogP contribution in [0.4, 0.5) is 4.39 Å². The molecule has 0 N–H and O–H groups in total. The summed E-state index contributed by atoms with van der Waals surface area (Å²) in [4.78, 5) is 0. The van der Waals surface area contributed by atoms with Crippen molar-refractivity contribution in [3.63, 3.8) is 0 Å². The number of fused-ring (bicyclic) bond motifs is 1. The highest BCUT2D eigenvalue weighted by atomic mass is 19.1. The Morgan fingerprint density at radius 2 is 1.66 bits per heavy atom. The monoisotopic (exact) mass is 426 g/mol. The number of halogens is 1. The van der Waals surface area contributed by atoms with E-state index in [9.17, 15) is 0 Å². The molecule has 2 aliphatic rings. The minimum atomic E-state index is -0.0839. The summed E-state index contributed by atoms with van der Waals surface area (Å²) in [6.45, 7) is 6.04. The lowest BCUT2D eigenvalue weighted by Gasteiger charge is -2.41. The molecule has 0 nitrogen and oxygen atoms in total. The van der Waals surface area contributed by atoms with Crippen LogP contribution in [0.2, 0.25) is 0 Å². The first-order valence-corrected chi connectivity index (χ1v) is 12.3. The Labute approximate surface area is 193 Å². The molecule has 32 heavy (non-hydrogen) atoms. The number of allylic oxidation sites excluding steroid dienone is 3. The van der Waals surface area contributed by atoms with Crippen LogP contribution in [0.5, 0.6) is 0 Å². The van der Waals surface area contributed by atoms with E-state index in [0.29, 0.717) is 11.8 Å². The van der Waals surface area contributed by atoms with Crippen molar-refractivity contribution in [2.45, 2.75) is 64.2 Å². The predicted molar refractivity (Wildman–Crippen MR) is 133 cm³/mol. The van der Waals surface area contributed by atoms with Crippen LogP contribution in [-0.2, 0) is 6.42 Å². The number of hydrogen-bond acceptors (Lipinski definition) is 0. The Kier molecular flexibility index (Phi) is 7.64. The highest BCUT2D eigenvalue weighted by Crippen LogP contribution is 2.48. The molecule has 0 radical (unpaired) electrons. The van der Waals surface area contributed by atoms with Gasteiger partial charge in [-0.1, -0.05) is 48.3 Å². The first-order chi connectivity index (χ1) is 15.7. The number of rotatable bonds is 5. The van der Waals surface area contributed by atoms with Crippen molar-refractivity contribution in [2.24, 2.45) is 17.8 Å². The SMILES string of the molecule is C=CC1CCC2CC(c3ccc(C#Cc4ccc(CC/C=C/C)cc4)cc3F)CCC2C1. The molecule has 0 aromatic heterocycles. The lowest BCUT2D eigenvalue weighted by Crippen LogP contribution is -2.30. The molecule has 4 unspecified atom stereocenters. The third kappa shape index (κ3) is 5.60. The molecule has 2 fully saturated rings. The zero-order chi connectivity index (χ0) is 22.3. The van der Waals surface area contributed by atoms with Gasteiger partial charge >= 0.3 is 0 Å². The Morgan fingerprint density at radius 1 is 0.938 bits per heavy atom. The van der Waals surface area contributed by atoms with Gasteiger partial charge in [0.05, 0.1) is 0 Å². The largest absolute Gasteiger partial charge is 0.207 e. The second kappa shape index (κ2) is 10.8. The summed E-state index contributed by atoms with van der Waals surface area (Å²) in [6.07, 6.45) is 15.8. The maximum atomic E-state index is 15.0. The van der Waals surface area contributed by atoms with E-state index in [1.54, 1.807) is 6.07 Å². The molecule has 2 aromatic rings. The summed E-state index contributed by atoms with van der Waals surface area (Å²) in [5.41, 5.74) is 3.93. The van der Waals surface area contributed by atoms with Crippen molar-refractivity contribution in [1.29, 1.82) is 0 Å². The standard InChI is InChI=1S/C31H35F/c1-3-5-6-7-24-8-10-25(11-9-24)12-13-26-15-19-30(31(32)21-26)29-18-17-27-20-23(4-2)14-16-28(27)22-29/h3-5,8-11,15,19,21,23,27-29H,2,6-7,14,16-18,20,22H2,1H3/b5-3+. The zero-order valence-corrected chi connectivity index (χ0v) is 19.3. The molecule has 2 aromatic carbocycles. The van der Waals surface area contributed by atoms with Crippen molar-refractivity contribution in [2.75, 3.05) is 0 Å². The minimum absolute atomic E-state index is 0.0839. The van der Waals surface area contributed by atoms with E-state index >= 15 is 4.39 Å². The molecule has 0 bridgehead atoms. The van der Waals surface area contributed by atoms with Crippen LogP contribution in [0.3, 0.4) is 0 Å². The van der Waals surface area contributed by atoms with Crippen molar-refractivity contribution in [3.8, 4) is 11.8 Å². The predicted octanol–water partition coefficient (Wildman–Crippen LogP) is 8.22. The Morgan fingerprint density at radius 3 is 2.41 bits per heavy atom. The molecular formula is C31H35F. The highest BCUT2D eigenvalue weighted by Gasteiger charge is 2.35. The molecule has 0 saturated heterocycles. The van der Waals surface area contributed by atoms with E-state index in [-0.39, 0.29) is 5.82 Å². The zero-order valence-electron chi connectivity index (χ0n) is 19.3. The quantitative estimate of drug-likeness (QED) is 0.334. The number of benzene rings is 2. The summed E-state index contributed by atoms with van der Waals surface area (Å²) in [5, 5.41) is 0. The van der Waals surface area contributed by atoms with Crippen LogP contribution in [0.25, 0.3) is 0 Å². The van der Waals surface area contributed by atoms with Crippen molar-refractivity contribution >= 4 is 0 Å². The average Bonchev–Trinajstić information content (AvgIpc) is 2.83. The van der Waals surface area contributed by atoms with Gasteiger partial charge in [-0.3, -0.25) is 0 Å². The second-order valence-electron chi connectivity index (χ2n) is 9.63. The van der Waals surface area contributed by atoms with E-state index in [1.165, 1.54) is 31.2 Å². The van der Waals surface area contributed by atoms with E-state index in [2.05, 4.69) is 60.9 Å². The van der Waals surface area contributed by atoms with Gasteiger partial charge in [0.2, 0.25) is 0 Å². The second-order valence-corrected chi connectivity index (χ2v) is 9.63. The molecule has 0 aliphatic heterocycles. The Bertz CT molecular complexity index is 1000. The molecular weight excluding hydrogens is 391 g/mol. The fourth-order valence-corrected chi connectivity index (χ4v) is 5.67. The number of aryl methyl sites for hydroxylation is 1. The lowest BCUT2D eigenvalue weighted by atomic mass is 9.64. The molecule has 2 aliphatic carbocycles. The van der Waals surface area contributed by atoms with E-state index in [4.69, 9.17) is 0 Å². The highest BCUT2D eigenvalue weighted by molar-refractivity contribution is 5.45. The third-order valence-electron chi connectivity index (χ3n) is 7.57. The summed E-state index contributed by atoms with van der Waals surface area (Å²) >= 11 is 0. The van der Waals surface area contributed by atoms with E-state index in [1.807, 2.05) is 19.1 Å². The van der Waals surface area contributed by atoms with Crippen molar-refractivity contribution in [3.05, 3.63) is 95.3 Å². The Hall–Kier alpha value is -2.59. The molecule has 2 saturated carbocycles. The molecule has 0 amide bonds. The number of hydrogen-bond donors (Lipinski definition) is 0. The van der Waals surface area contributed by atoms with Crippen LogP contribution in [0.1, 0.15) is 80.0 Å². The fraction of sp³-hybridized carbons (Fsp3) is 0.419. The van der Waals surface area contributed by atoms with Crippen LogP contribution in [0, 0.1) is 35.4 Å². The fourth-order valence-electron chi connectivity index (χ4n) is 5.67. The first kappa shape index (κ1) is 22.6. The smallest absolute Gasteiger partial charge is 0.127 e. The third-order valence-corrected chi connectivity index (χ3v) is 7.57. The molecule has 4 atom stereocenters. The van der Waals surface area contributed by atoms with Gasteiger partial charge in [-0.15, -0.1) is 6.58 Å². The van der Waals surface area contributed by atoms with Crippen molar-refractivity contribution in [1.82, 2.24) is 0 Å². The molecule has 0 heterocycles. The molecule has 4 rings (SSSR count). The molecule has 1 heteroatoms. The van der Waals surface area contributed by atoms with Crippen LogP contribution < -0.4 is 0 Å². The molecule has 0 spiro atoms. The summed E-state index contributed by atoms with van der Waals surface area (Å²) < 4.78 is 15.0. The topological polar surface area (TPSA) is 0 Å². The van der Waals surface area contributed by atoms with E-state index in [0.717, 1.165) is 54.2 Å². The normalized spacial score (nSPS) is 25.1. The van der Waals surface area contributed by atoms with Gasteiger partial charge in [0.25, 0.3) is 0 Å². The minimum Gasteiger partial charge on any atom is -0.207 e. The van der Waals surface area contributed by atoms with Crippen LogP contribution >= 0.6 is 0 Å². The van der Waals surface area contributed by atoms with Crippen LogP contribution in [0.15, 0.2) is 67.3 Å². The van der Waals surface area contributed by atoms with Gasteiger partial charge in [-0.2, -0.15) is 0 Å². The summed E-state index contributed by atoms with van der Waals surface area (Å²) in [7, 11) is 0. The van der Waals surface area contributed by atoms with Gasteiger partial charge in [-0.25, -0.2) is 4.39 Å². The van der Waals surface area contributed by atoms with Gasteiger partial charge < -0.3 is 0 Å². The summed E-state index contributed by atoms with van der Waals surface area (Å²) in [6, 6.07) is 14.0. The van der Waals surface area contributed by atoms with Gasteiger partial charge in [0.1, 0.15) is 5.82 Å². The maximum Gasteiger partial charge on any atom is 0.127 e. The van der Waals surface area contributed by atoms with Crippen molar-refractivity contribution < 1.29 is 4.39 Å². The van der Waals surface area contributed by atoms with Gasteiger partial charge in [0, 0.05) is 11.1 Å². The Balaban J connectivity index is 1.38. The van der Waals surface area contributed by atoms with E-state index < -0.39 is 0 Å². The van der Waals surface area contributed by atoms with Crippen LogP contribution in [-0.4, -0.2) is 0 Å².